The van der Waals surface area contributed by atoms with Crippen LogP contribution in [0.15, 0.2) is 48.5 Å². The molecule has 4 nitrogen and oxygen atoms in total. The molecule has 4 heteroatoms. The summed E-state index contributed by atoms with van der Waals surface area (Å²) in [7, 11) is 3.78. The predicted molar refractivity (Wildman–Crippen MR) is 106 cm³/mol. The molecule has 0 aliphatic rings. The van der Waals surface area contributed by atoms with E-state index in [0.717, 1.165) is 17.9 Å². The fourth-order valence-corrected chi connectivity index (χ4v) is 2.78. The summed E-state index contributed by atoms with van der Waals surface area (Å²) < 4.78 is 5.34. The molecule has 0 unspecified atom stereocenters. The first-order valence-electron chi connectivity index (χ1n) is 9.17. The van der Waals surface area contributed by atoms with Crippen molar-refractivity contribution in [2.75, 3.05) is 14.2 Å². The van der Waals surface area contributed by atoms with E-state index in [1.54, 1.807) is 7.11 Å². The van der Waals surface area contributed by atoms with Crippen LogP contribution in [0.3, 0.4) is 0 Å². The summed E-state index contributed by atoms with van der Waals surface area (Å²) in [6, 6.07) is 16.6. The van der Waals surface area contributed by atoms with Gasteiger partial charge in [0.05, 0.1) is 7.11 Å². The Morgan fingerprint density at radius 3 is 2.31 bits per heavy atom. The summed E-state index contributed by atoms with van der Waals surface area (Å²) >= 11 is 0. The van der Waals surface area contributed by atoms with Crippen LogP contribution in [0.2, 0.25) is 0 Å². The van der Waals surface area contributed by atoms with Crippen LogP contribution in [0.4, 0.5) is 0 Å². The molecule has 2 rings (SSSR count). The van der Waals surface area contributed by atoms with Gasteiger partial charge in [-0.1, -0.05) is 42.5 Å². The van der Waals surface area contributed by atoms with Gasteiger partial charge in [-0.3, -0.25) is 9.69 Å². The van der Waals surface area contributed by atoms with Crippen molar-refractivity contribution in [3.05, 3.63) is 65.2 Å². The Hall–Kier alpha value is -2.33. The Balaban J connectivity index is 1.89. The first-order chi connectivity index (χ1) is 12.5. The van der Waals surface area contributed by atoms with Crippen LogP contribution < -0.4 is 10.1 Å². The highest BCUT2D eigenvalue weighted by atomic mass is 16.5. The molecule has 0 radical (unpaired) electrons. The number of nitrogens with one attached hydrogen (secondary N) is 1. The molecule has 0 aliphatic heterocycles. The van der Waals surface area contributed by atoms with Gasteiger partial charge in [-0.15, -0.1) is 0 Å². The zero-order valence-electron chi connectivity index (χ0n) is 16.3. The first-order valence-corrected chi connectivity index (χ1v) is 9.17. The maximum Gasteiger partial charge on any atom is 0.220 e. The van der Waals surface area contributed by atoms with Crippen molar-refractivity contribution in [3.8, 4) is 5.75 Å². The molecule has 1 N–H and O–H groups in total. The average molecular weight is 354 g/mol. The minimum absolute atomic E-state index is 0.0583. The second-order valence-electron chi connectivity index (χ2n) is 6.87. The van der Waals surface area contributed by atoms with Crippen molar-refractivity contribution < 1.29 is 9.53 Å². The molecule has 0 saturated heterocycles. The molecule has 1 amide bonds. The molecular formula is C22H30N2O2. The molecule has 0 bridgehead atoms. The number of hydrogen-bond donors (Lipinski definition) is 1. The third kappa shape index (κ3) is 5.88. The van der Waals surface area contributed by atoms with E-state index in [9.17, 15) is 4.79 Å². The lowest BCUT2D eigenvalue weighted by atomic mass is 10.1. The third-order valence-electron chi connectivity index (χ3n) is 4.71. The number of aryl methyl sites for hydroxylation is 1. The smallest absolute Gasteiger partial charge is 0.220 e. The van der Waals surface area contributed by atoms with E-state index in [0.29, 0.717) is 25.4 Å². The molecule has 0 aromatic heterocycles. The number of amides is 1. The predicted octanol–water partition coefficient (Wildman–Crippen LogP) is 3.78. The fraction of sp³-hybridized carbons (Fsp3) is 0.409. The van der Waals surface area contributed by atoms with Crippen LogP contribution in [0.25, 0.3) is 0 Å². The van der Waals surface area contributed by atoms with Gasteiger partial charge in [0.1, 0.15) is 5.75 Å². The van der Waals surface area contributed by atoms with Crippen LogP contribution in [0.1, 0.15) is 37.0 Å². The summed E-state index contributed by atoms with van der Waals surface area (Å²) in [6.45, 7) is 5.81. The van der Waals surface area contributed by atoms with Crippen molar-refractivity contribution in [2.24, 2.45) is 0 Å². The lowest BCUT2D eigenvalue weighted by Crippen LogP contribution is -2.27. The van der Waals surface area contributed by atoms with Crippen LogP contribution >= 0.6 is 0 Å². The third-order valence-corrected chi connectivity index (χ3v) is 4.71. The Morgan fingerprint density at radius 1 is 1.04 bits per heavy atom. The quantitative estimate of drug-likeness (QED) is 0.745. The van der Waals surface area contributed by atoms with Gasteiger partial charge < -0.3 is 10.1 Å². The van der Waals surface area contributed by atoms with Gasteiger partial charge in [0.2, 0.25) is 5.91 Å². The number of nitrogens with zero attached hydrogens (tertiary/aromatic N) is 1. The Kier molecular flexibility index (Phi) is 7.67. The maximum atomic E-state index is 12.3. The molecular weight excluding hydrogens is 324 g/mol. The van der Waals surface area contributed by atoms with E-state index < -0.39 is 0 Å². The van der Waals surface area contributed by atoms with Crippen molar-refractivity contribution in [3.63, 3.8) is 0 Å². The summed E-state index contributed by atoms with van der Waals surface area (Å²) in [5.41, 5.74) is 3.49. The van der Waals surface area contributed by atoms with E-state index in [-0.39, 0.29) is 5.91 Å². The number of rotatable bonds is 9. The number of hydrogen-bond acceptors (Lipinski definition) is 3. The number of ether oxygens (including phenoxy) is 1. The highest BCUT2D eigenvalue weighted by molar-refractivity contribution is 5.76. The molecule has 140 valence electrons. The van der Waals surface area contributed by atoms with Crippen molar-refractivity contribution in [1.82, 2.24) is 10.2 Å². The molecule has 0 spiro atoms. The highest BCUT2D eigenvalue weighted by Gasteiger charge is 2.10. The number of benzene rings is 2. The molecule has 0 saturated carbocycles. The van der Waals surface area contributed by atoms with E-state index in [4.69, 9.17) is 4.74 Å². The van der Waals surface area contributed by atoms with Crippen molar-refractivity contribution in [2.45, 2.75) is 45.8 Å². The van der Waals surface area contributed by atoms with Gasteiger partial charge in [0.15, 0.2) is 0 Å². The highest BCUT2D eigenvalue weighted by Crippen LogP contribution is 2.19. The topological polar surface area (TPSA) is 41.6 Å². The Labute approximate surface area is 157 Å². The normalized spacial score (nSPS) is 11.0. The van der Waals surface area contributed by atoms with Gasteiger partial charge in [-0.25, -0.2) is 0 Å². The number of carbonyl (C=O) groups is 1. The lowest BCUT2D eigenvalue weighted by Gasteiger charge is -2.22. The molecule has 0 fully saturated rings. The van der Waals surface area contributed by atoms with E-state index >= 15 is 0 Å². The second-order valence-corrected chi connectivity index (χ2v) is 6.87. The average Bonchev–Trinajstić information content (AvgIpc) is 2.65. The first kappa shape index (κ1) is 20.0. The number of para-hydroxylation sites is 1. The summed E-state index contributed by atoms with van der Waals surface area (Å²) in [6.07, 6.45) is 1.13. The second kappa shape index (κ2) is 9.97. The van der Waals surface area contributed by atoms with E-state index in [1.165, 1.54) is 11.1 Å². The minimum atomic E-state index is 0.0583. The SMILES string of the molecule is COc1ccccc1CCC(=O)NCc1ccccc1CN(C)C(C)C. The van der Waals surface area contributed by atoms with Gasteiger partial charge in [0, 0.05) is 25.6 Å². The zero-order valence-corrected chi connectivity index (χ0v) is 16.3. The monoisotopic (exact) mass is 354 g/mol. The van der Waals surface area contributed by atoms with Crippen LogP contribution in [0.5, 0.6) is 5.75 Å². The van der Waals surface area contributed by atoms with Gasteiger partial charge >= 0.3 is 0 Å². The Morgan fingerprint density at radius 2 is 1.65 bits per heavy atom. The van der Waals surface area contributed by atoms with Crippen molar-refractivity contribution >= 4 is 5.91 Å². The summed E-state index contributed by atoms with van der Waals surface area (Å²) in [5.74, 6) is 0.894. The molecule has 2 aromatic carbocycles. The maximum absolute atomic E-state index is 12.3. The molecule has 0 heterocycles. The molecule has 2 aromatic rings. The number of methoxy groups -OCH3 is 1. The Bertz CT molecular complexity index is 713. The van der Waals surface area contributed by atoms with Crippen LogP contribution in [-0.4, -0.2) is 31.0 Å². The number of carbonyl (C=O) groups excluding carboxylic acids is 1. The molecule has 0 aliphatic carbocycles. The lowest BCUT2D eigenvalue weighted by molar-refractivity contribution is -0.121. The standard InChI is InChI=1S/C22H30N2O2/c1-17(2)24(3)16-20-11-6-5-10-19(20)15-23-22(25)14-13-18-9-7-8-12-21(18)26-4/h5-12,17H,13-16H2,1-4H3,(H,23,25). The zero-order chi connectivity index (χ0) is 18.9. The van der Waals surface area contributed by atoms with Gasteiger partial charge in [0.25, 0.3) is 0 Å². The van der Waals surface area contributed by atoms with E-state index in [2.05, 4.69) is 49.3 Å². The van der Waals surface area contributed by atoms with E-state index in [1.807, 2.05) is 30.3 Å². The van der Waals surface area contributed by atoms with Crippen LogP contribution in [0, 0.1) is 0 Å². The van der Waals surface area contributed by atoms with Gasteiger partial charge in [-0.05, 0) is 50.1 Å². The fourth-order valence-electron chi connectivity index (χ4n) is 2.78. The summed E-state index contributed by atoms with van der Waals surface area (Å²) in [4.78, 5) is 14.6. The molecule has 0 atom stereocenters. The largest absolute Gasteiger partial charge is 0.496 e. The molecule has 26 heavy (non-hydrogen) atoms. The van der Waals surface area contributed by atoms with Crippen LogP contribution in [-0.2, 0) is 24.3 Å². The van der Waals surface area contributed by atoms with Crippen molar-refractivity contribution in [1.29, 1.82) is 0 Å². The minimum Gasteiger partial charge on any atom is -0.496 e. The van der Waals surface area contributed by atoms with Gasteiger partial charge in [-0.2, -0.15) is 0 Å². The summed E-state index contributed by atoms with van der Waals surface area (Å²) in [5, 5.41) is 3.05.